The fourth-order valence-electron chi connectivity index (χ4n) is 5.51. The first kappa shape index (κ1) is 33.2. The number of esters is 1. The van der Waals surface area contributed by atoms with E-state index in [0.717, 1.165) is 48.3 Å². The van der Waals surface area contributed by atoms with Crippen molar-refractivity contribution in [3.63, 3.8) is 0 Å². The number of nitrogens with zero attached hydrogens (tertiary/aromatic N) is 2. The van der Waals surface area contributed by atoms with E-state index in [9.17, 15) is 9.18 Å². The minimum atomic E-state index is -0.983. The number of anilines is 2. The number of carbonyl (C=O) groups is 1. The molecule has 1 aliphatic rings. The summed E-state index contributed by atoms with van der Waals surface area (Å²) in [4.78, 5) is 20.8. The maximum atomic E-state index is 13.7. The molecular weight excluding hydrogens is 557 g/mol. The molecule has 0 spiro atoms. The zero-order valence-corrected chi connectivity index (χ0v) is 27.5. The molecule has 0 aliphatic carbocycles. The Labute approximate surface area is 261 Å². The molecule has 44 heavy (non-hydrogen) atoms. The molecule has 3 aromatic rings. The summed E-state index contributed by atoms with van der Waals surface area (Å²) in [6, 6.07) is 14.2. The predicted molar refractivity (Wildman–Crippen MR) is 174 cm³/mol. The van der Waals surface area contributed by atoms with E-state index >= 15 is 0 Å². The first-order valence-corrected chi connectivity index (χ1v) is 15.5. The molecule has 0 radical (unpaired) electrons. The molecule has 2 aromatic carbocycles. The van der Waals surface area contributed by atoms with Gasteiger partial charge in [0.25, 0.3) is 0 Å². The van der Waals surface area contributed by atoms with Gasteiger partial charge in [0.1, 0.15) is 17.4 Å². The number of benzene rings is 2. The lowest BCUT2D eigenvalue weighted by Crippen LogP contribution is -2.39. The van der Waals surface area contributed by atoms with Gasteiger partial charge in [-0.05, 0) is 95.2 Å². The van der Waals surface area contributed by atoms with Crippen LogP contribution in [0, 0.1) is 18.2 Å². The number of nitrogen functional groups attached to an aromatic ring is 1. The van der Waals surface area contributed by atoms with Crippen LogP contribution in [0.2, 0.25) is 0 Å². The Balaban J connectivity index is 1.75. The summed E-state index contributed by atoms with van der Waals surface area (Å²) >= 11 is 0. The molecule has 1 aliphatic heterocycles. The van der Waals surface area contributed by atoms with Crippen LogP contribution < -0.4 is 15.4 Å². The Morgan fingerprint density at radius 1 is 1.05 bits per heavy atom. The monoisotopic (exact) mass is 605 g/mol. The highest BCUT2D eigenvalue weighted by Gasteiger charge is 2.37. The van der Waals surface area contributed by atoms with E-state index in [-0.39, 0.29) is 17.3 Å². The number of pyridine rings is 1. The molecule has 0 bridgehead atoms. The van der Waals surface area contributed by atoms with E-state index in [1.54, 1.807) is 12.1 Å². The predicted octanol–water partition coefficient (Wildman–Crippen LogP) is 7.83. The van der Waals surface area contributed by atoms with Gasteiger partial charge < -0.3 is 24.8 Å². The number of aromatic nitrogens is 1. The van der Waals surface area contributed by atoms with Crippen LogP contribution in [0.4, 0.5) is 15.9 Å². The van der Waals surface area contributed by atoms with Crippen molar-refractivity contribution in [1.82, 2.24) is 4.98 Å². The van der Waals surface area contributed by atoms with Crippen molar-refractivity contribution in [2.45, 2.75) is 92.5 Å². The second-order valence-electron chi connectivity index (χ2n) is 13.7. The summed E-state index contributed by atoms with van der Waals surface area (Å²) in [7, 11) is 0. The van der Waals surface area contributed by atoms with E-state index in [1.165, 1.54) is 12.1 Å². The molecule has 2 N–H and O–H groups in total. The molecule has 2 heterocycles. The van der Waals surface area contributed by atoms with Crippen LogP contribution in [0.1, 0.15) is 84.2 Å². The fraction of sp³-hybridized carbons (Fsp3) is 0.500. The van der Waals surface area contributed by atoms with Gasteiger partial charge in [-0.2, -0.15) is 0 Å². The SMILES string of the molecule is Cc1nc(N)c(-c2ccc(OCCc3ccc(F)cc3)cc2)c(N2CCC(C)(C)CC2)c1C(OC(C)(C)C)C(=O)OC(C)C. The third kappa shape index (κ3) is 8.50. The van der Waals surface area contributed by atoms with E-state index in [1.807, 2.05) is 65.8 Å². The maximum absolute atomic E-state index is 13.7. The Bertz CT molecular complexity index is 1420. The third-order valence-corrected chi connectivity index (χ3v) is 7.87. The van der Waals surface area contributed by atoms with Crippen LogP contribution >= 0.6 is 0 Å². The number of hydrogen-bond donors (Lipinski definition) is 1. The van der Waals surface area contributed by atoms with Crippen LogP contribution in [-0.2, 0) is 20.7 Å². The van der Waals surface area contributed by atoms with Crippen molar-refractivity contribution in [2.75, 3.05) is 30.3 Å². The second kappa shape index (κ2) is 13.6. The minimum Gasteiger partial charge on any atom is -0.493 e. The average molecular weight is 606 g/mol. The first-order chi connectivity index (χ1) is 20.6. The molecule has 0 saturated carbocycles. The molecule has 7 nitrogen and oxygen atoms in total. The molecule has 1 unspecified atom stereocenters. The van der Waals surface area contributed by atoms with Gasteiger partial charge in [0, 0.05) is 36.3 Å². The molecular formula is C36H48FN3O4. The summed E-state index contributed by atoms with van der Waals surface area (Å²) in [5, 5.41) is 0. The van der Waals surface area contributed by atoms with Crippen molar-refractivity contribution in [2.24, 2.45) is 5.41 Å². The molecule has 4 rings (SSSR count). The van der Waals surface area contributed by atoms with Gasteiger partial charge in [0.15, 0.2) is 6.10 Å². The van der Waals surface area contributed by atoms with Gasteiger partial charge in [-0.3, -0.25) is 0 Å². The van der Waals surface area contributed by atoms with Crippen LogP contribution in [0.3, 0.4) is 0 Å². The molecule has 8 heteroatoms. The topological polar surface area (TPSA) is 86.9 Å². The summed E-state index contributed by atoms with van der Waals surface area (Å²) in [5.41, 5.74) is 11.1. The van der Waals surface area contributed by atoms with Crippen molar-refractivity contribution in [1.29, 1.82) is 0 Å². The van der Waals surface area contributed by atoms with E-state index in [2.05, 4.69) is 18.7 Å². The number of ether oxygens (including phenoxy) is 3. The Morgan fingerprint density at radius 2 is 1.66 bits per heavy atom. The second-order valence-corrected chi connectivity index (χ2v) is 13.7. The summed E-state index contributed by atoms with van der Waals surface area (Å²) in [5.74, 6) is 0.409. The lowest BCUT2D eigenvalue weighted by Gasteiger charge is -2.41. The Kier molecular flexibility index (Phi) is 10.2. The van der Waals surface area contributed by atoms with Gasteiger partial charge >= 0.3 is 5.97 Å². The van der Waals surface area contributed by atoms with E-state index in [0.29, 0.717) is 35.9 Å². The number of hydrogen-bond acceptors (Lipinski definition) is 7. The number of aryl methyl sites for hydroxylation is 1. The third-order valence-electron chi connectivity index (χ3n) is 7.87. The maximum Gasteiger partial charge on any atom is 0.340 e. The molecule has 238 valence electrons. The number of halogens is 1. The molecule has 1 fully saturated rings. The van der Waals surface area contributed by atoms with E-state index in [4.69, 9.17) is 24.9 Å². The summed E-state index contributed by atoms with van der Waals surface area (Å²) < 4.78 is 31.4. The molecule has 1 saturated heterocycles. The van der Waals surface area contributed by atoms with Gasteiger partial charge in [-0.25, -0.2) is 14.2 Å². The zero-order chi connectivity index (χ0) is 32.2. The lowest BCUT2D eigenvalue weighted by molar-refractivity contribution is -0.171. The van der Waals surface area contributed by atoms with Crippen molar-refractivity contribution < 1.29 is 23.4 Å². The van der Waals surface area contributed by atoms with Crippen molar-refractivity contribution in [3.05, 3.63) is 71.2 Å². The largest absolute Gasteiger partial charge is 0.493 e. The van der Waals surface area contributed by atoms with Crippen molar-refractivity contribution in [3.8, 4) is 16.9 Å². The van der Waals surface area contributed by atoms with Crippen LogP contribution in [-0.4, -0.2) is 42.4 Å². The highest BCUT2D eigenvalue weighted by atomic mass is 19.1. The molecule has 1 atom stereocenters. The average Bonchev–Trinajstić information content (AvgIpc) is 2.92. The van der Waals surface area contributed by atoms with Gasteiger partial charge in [-0.1, -0.05) is 38.1 Å². The van der Waals surface area contributed by atoms with Crippen LogP contribution in [0.25, 0.3) is 11.1 Å². The quantitative estimate of drug-likeness (QED) is 0.236. The normalized spacial score (nSPS) is 15.7. The van der Waals surface area contributed by atoms with Crippen molar-refractivity contribution >= 4 is 17.5 Å². The highest BCUT2D eigenvalue weighted by Crippen LogP contribution is 2.46. The molecule has 1 aromatic heterocycles. The molecule has 0 amide bonds. The standard InChI is InChI=1S/C36H48FN3O4/c1-23(2)43-34(41)32(44-35(4,5)6)29-24(3)39-33(38)30(31(29)40-20-18-36(7,8)19-21-40)26-11-15-28(16-12-26)42-22-17-25-9-13-27(37)14-10-25/h9-16,23,32H,17-22H2,1-8H3,(H2,38,39). The number of nitrogens with two attached hydrogens (primary N) is 1. The zero-order valence-electron chi connectivity index (χ0n) is 27.5. The van der Waals surface area contributed by atoms with Crippen LogP contribution in [0.5, 0.6) is 5.75 Å². The fourth-order valence-corrected chi connectivity index (χ4v) is 5.51. The summed E-state index contributed by atoms with van der Waals surface area (Å²) in [6.45, 7) is 18.0. The number of rotatable bonds is 10. The first-order valence-electron chi connectivity index (χ1n) is 15.5. The van der Waals surface area contributed by atoms with Gasteiger partial charge in [0.05, 0.1) is 24.0 Å². The number of carbonyl (C=O) groups excluding carboxylic acids is 1. The smallest absolute Gasteiger partial charge is 0.340 e. The Morgan fingerprint density at radius 3 is 2.23 bits per heavy atom. The van der Waals surface area contributed by atoms with E-state index < -0.39 is 17.7 Å². The highest BCUT2D eigenvalue weighted by molar-refractivity contribution is 5.92. The minimum absolute atomic E-state index is 0.217. The number of piperidine rings is 1. The Hall–Kier alpha value is -3.65. The lowest BCUT2D eigenvalue weighted by atomic mass is 9.82. The van der Waals surface area contributed by atoms with Gasteiger partial charge in [-0.15, -0.1) is 0 Å². The van der Waals surface area contributed by atoms with Gasteiger partial charge in [0.2, 0.25) is 0 Å². The summed E-state index contributed by atoms with van der Waals surface area (Å²) in [6.07, 6.45) is 1.37. The van der Waals surface area contributed by atoms with Crippen LogP contribution in [0.15, 0.2) is 48.5 Å².